The average molecular weight is 315 g/mol. The van der Waals surface area contributed by atoms with E-state index in [0.717, 1.165) is 37.9 Å². The van der Waals surface area contributed by atoms with Crippen molar-refractivity contribution in [1.29, 1.82) is 0 Å². The molecule has 0 N–H and O–H groups in total. The highest BCUT2D eigenvalue weighted by Gasteiger charge is 2.58. The highest BCUT2D eigenvalue weighted by molar-refractivity contribution is 6.07. The molecule has 0 bridgehead atoms. The summed E-state index contributed by atoms with van der Waals surface area (Å²) in [5.41, 5.74) is 0.413. The Hall–Kier alpha value is -1.91. The van der Waals surface area contributed by atoms with E-state index in [2.05, 4.69) is 4.98 Å². The quantitative estimate of drug-likeness (QED) is 0.780. The van der Waals surface area contributed by atoms with Crippen molar-refractivity contribution < 1.29 is 9.59 Å². The molecule has 0 spiro atoms. The van der Waals surface area contributed by atoms with Gasteiger partial charge in [-0.25, -0.2) is 0 Å². The molecule has 23 heavy (non-hydrogen) atoms. The number of likely N-dealkylation sites (tertiary alicyclic amines) is 1. The Morgan fingerprint density at radius 2 is 1.83 bits per heavy atom. The van der Waals surface area contributed by atoms with Gasteiger partial charge in [-0.1, -0.05) is 0 Å². The summed E-state index contributed by atoms with van der Waals surface area (Å²) in [5.74, 6) is 0.0695. The number of pyridine rings is 1. The van der Waals surface area contributed by atoms with Crippen LogP contribution in [0.2, 0.25) is 0 Å². The third kappa shape index (κ3) is 3.38. The maximum atomic E-state index is 12.8. The van der Waals surface area contributed by atoms with Crippen LogP contribution in [0.5, 0.6) is 0 Å². The van der Waals surface area contributed by atoms with E-state index in [0.29, 0.717) is 19.4 Å². The minimum Gasteiger partial charge on any atom is -0.344 e. The Kier molecular flexibility index (Phi) is 4.64. The molecule has 1 aliphatic carbocycles. The highest BCUT2D eigenvalue weighted by Crippen LogP contribution is 2.49. The molecule has 1 aliphatic heterocycles. The molecule has 124 valence electrons. The molecule has 0 unspecified atom stereocenters. The largest absolute Gasteiger partial charge is 0.344 e. The summed E-state index contributed by atoms with van der Waals surface area (Å²) in [7, 11) is 1.81. The summed E-state index contributed by atoms with van der Waals surface area (Å²) in [6.07, 6.45) is 9.05. The van der Waals surface area contributed by atoms with Crippen molar-refractivity contribution >= 4 is 11.8 Å². The first-order valence-electron chi connectivity index (χ1n) is 8.57. The molecule has 2 aliphatic rings. The Bertz CT molecular complexity index is 563. The Morgan fingerprint density at radius 1 is 1.17 bits per heavy atom. The zero-order valence-electron chi connectivity index (χ0n) is 13.8. The molecule has 1 aromatic heterocycles. The number of hydrogen-bond acceptors (Lipinski definition) is 3. The number of amides is 2. The van der Waals surface area contributed by atoms with Gasteiger partial charge in [-0.2, -0.15) is 0 Å². The van der Waals surface area contributed by atoms with Gasteiger partial charge in [0, 0.05) is 39.1 Å². The van der Waals surface area contributed by atoms with Crippen LogP contribution in [0.25, 0.3) is 0 Å². The summed E-state index contributed by atoms with van der Waals surface area (Å²) in [6.45, 7) is 2.26. The summed E-state index contributed by atoms with van der Waals surface area (Å²) in [6, 6.07) is 3.92. The number of rotatable bonds is 5. The first-order chi connectivity index (χ1) is 11.1. The Labute approximate surface area is 137 Å². The second kappa shape index (κ2) is 6.69. The maximum Gasteiger partial charge on any atom is 0.238 e. The summed E-state index contributed by atoms with van der Waals surface area (Å²) >= 11 is 0. The van der Waals surface area contributed by atoms with E-state index in [1.54, 1.807) is 17.3 Å². The van der Waals surface area contributed by atoms with Crippen molar-refractivity contribution in [3.05, 3.63) is 30.1 Å². The smallest absolute Gasteiger partial charge is 0.238 e. The molecular formula is C18H25N3O2. The van der Waals surface area contributed by atoms with Crippen LogP contribution in [0.4, 0.5) is 0 Å². The van der Waals surface area contributed by atoms with E-state index in [1.165, 1.54) is 6.42 Å². The van der Waals surface area contributed by atoms with E-state index in [1.807, 2.05) is 24.1 Å². The molecule has 2 amide bonds. The molecular weight excluding hydrogens is 290 g/mol. The first-order valence-corrected chi connectivity index (χ1v) is 8.57. The third-order valence-corrected chi connectivity index (χ3v) is 5.04. The van der Waals surface area contributed by atoms with E-state index in [4.69, 9.17) is 0 Å². The second-order valence-electron chi connectivity index (χ2n) is 6.77. The molecule has 0 atom stereocenters. The van der Waals surface area contributed by atoms with E-state index in [-0.39, 0.29) is 11.8 Å². The number of carbonyl (C=O) groups excluding carboxylic acids is 2. The van der Waals surface area contributed by atoms with E-state index < -0.39 is 5.41 Å². The van der Waals surface area contributed by atoms with Crippen LogP contribution in [-0.2, 0) is 16.0 Å². The maximum absolute atomic E-state index is 12.8. The van der Waals surface area contributed by atoms with Gasteiger partial charge >= 0.3 is 0 Å². The minimum absolute atomic E-state index is 0.00197. The summed E-state index contributed by atoms with van der Waals surface area (Å²) < 4.78 is 0. The lowest BCUT2D eigenvalue weighted by atomic mass is 10.0. The fourth-order valence-electron chi connectivity index (χ4n) is 3.36. The fourth-order valence-corrected chi connectivity index (χ4v) is 3.36. The molecule has 2 heterocycles. The van der Waals surface area contributed by atoms with Crippen molar-refractivity contribution in [1.82, 2.24) is 14.8 Å². The molecule has 0 radical (unpaired) electrons. The zero-order valence-corrected chi connectivity index (χ0v) is 13.8. The lowest BCUT2D eigenvalue weighted by molar-refractivity contribution is -0.149. The van der Waals surface area contributed by atoms with Gasteiger partial charge in [-0.15, -0.1) is 0 Å². The number of aromatic nitrogens is 1. The van der Waals surface area contributed by atoms with Gasteiger partial charge in [0.15, 0.2) is 0 Å². The summed E-state index contributed by atoms with van der Waals surface area (Å²) in [5, 5.41) is 0. The standard InChI is InChI=1S/C18H25N3O2/c1-20(14-7-15-5-10-19-11-6-15)16(22)18(8-9-18)17(23)21-12-3-2-4-13-21/h5-6,10-11H,2-4,7-9,12-14H2,1H3. The van der Waals surface area contributed by atoms with Gasteiger partial charge in [0.1, 0.15) is 5.41 Å². The van der Waals surface area contributed by atoms with E-state index in [9.17, 15) is 9.59 Å². The van der Waals surface area contributed by atoms with E-state index >= 15 is 0 Å². The Morgan fingerprint density at radius 3 is 2.43 bits per heavy atom. The summed E-state index contributed by atoms with van der Waals surface area (Å²) in [4.78, 5) is 33.2. The predicted molar refractivity (Wildman–Crippen MR) is 87.7 cm³/mol. The van der Waals surface area contributed by atoms with Crippen molar-refractivity contribution in [2.24, 2.45) is 5.41 Å². The van der Waals surface area contributed by atoms with Crippen LogP contribution in [0.15, 0.2) is 24.5 Å². The Balaban J connectivity index is 1.58. The van der Waals surface area contributed by atoms with Crippen LogP contribution in [-0.4, -0.2) is 53.3 Å². The van der Waals surface area contributed by atoms with Gasteiger partial charge in [0.05, 0.1) is 0 Å². The van der Waals surface area contributed by atoms with Crippen molar-refractivity contribution in [2.75, 3.05) is 26.7 Å². The number of likely N-dealkylation sites (N-methyl/N-ethyl adjacent to an activating group) is 1. The number of piperidine rings is 1. The lowest BCUT2D eigenvalue weighted by Gasteiger charge is -2.31. The second-order valence-corrected chi connectivity index (χ2v) is 6.77. The van der Waals surface area contributed by atoms with Gasteiger partial charge in [-0.05, 0) is 56.2 Å². The molecule has 1 aromatic rings. The predicted octanol–water partition coefficient (Wildman–Crippen LogP) is 1.88. The lowest BCUT2D eigenvalue weighted by Crippen LogP contribution is -2.47. The average Bonchev–Trinajstić information content (AvgIpc) is 3.42. The minimum atomic E-state index is -0.746. The molecule has 3 rings (SSSR count). The molecule has 0 aromatic carbocycles. The fraction of sp³-hybridized carbons (Fsp3) is 0.611. The van der Waals surface area contributed by atoms with Crippen LogP contribution in [0, 0.1) is 5.41 Å². The SMILES string of the molecule is CN(CCc1ccncc1)C(=O)C1(C(=O)N2CCCCC2)CC1. The zero-order chi connectivity index (χ0) is 16.3. The third-order valence-electron chi connectivity index (χ3n) is 5.04. The van der Waals surface area contributed by atoms with Crippen molar-refractivity contribution in [3.8, 4) is 0 Å². The molecule has 5 heteroatoms. The normalized spacial score (nSPS) is 19.3. The van der Waals surface area contributed by atoms with Crippen LogP contribution in [0.3, 0.4) is 0 Å². The highest BCUT2D eigenvalue weighted by atomic mass is 16.2. The molecule has 1 saturated carbocycles. The van der Waals surface area contributed by atoms with Crippen molar-refractivity contribution in [3.63, 3.8) is 0 Å². The molecule has 2 fully saturated rings. The first kappa shape index (κ1) is 16.0. The number of carbonyl (C=O) groups is 2. The number of nitrogens with zero attached hydrogens (tertiary/aromatic N) is 3. The van der Waals surface area contributed by atoms with Crippen molar-refractivity contribution in [2.45, 2.75) is 38.5 Å². The molecule has 1 saturated heterocycles. The number of hydrogen-bond donors (Lipinski definition) is 0. The van der Waals surface area contributed by atoms with Gasteiger partial charge in [-0.3, -0.25) is 14.6 Å². The van der Waals surface area contributed by atoms with Gasteiger partial charge < -0.3 is 9.80 Å². The van der Waals surface area contributed by atoms with Gasteiger partial charge in [0.2, 0.25) is 11.8 Å². The molecule has 5 nitrogen and oxygen atoms in total. The monoisotopic (exact) mass is 315 g/mol. The van der Waals surface area contributed by atoms with Crippen LogP contribution < -0.4 is 0 Å². The van der Waals surface area contributed by atoms with Gasteiger partial charge in [0.25, 0.3) is 0 Å². The van der Waals surface area contributed by atoms with Crippen LogP contribution >= 0.6 is 0 Å². The topological polar surface area (TPSA) is 53.5 Å². The van der Waals surface area contributed by atoms with Crippen LogP contribution in [0.1, 0.15) is 37.7 Å².